The number of alkyl halides is 1. The second-order valence-corrected chi connectivity index (χ2v) is 5.26. The molecule has 100 valence electrons. The lowest BCUT2D eigenvalue weighted by atomic mass is 9.92. The van der Waals surface area contributed by atoms with Gasteiger partial charge in [-0.15, -0.1) is 0 Å². The third kappa shape index (κ3) is 3.81. The molecule has 1 aliphatic rings. The van der Waals surface area contributed by atoms with Crippen LogP contribution < -0.4 is 5.32 Å². The van der Waals surface area contributed by atoms with Gasteiger partial charge in [-0.2, -0.15) is 0 Å². The summed E-state index contributed by atoms with van der Waals surface area (Å²) in [5.74, 6) is 0. The van der Waals surface area contributed by atoms with Crippen LogP contribution in [0.3, 0.4) is 0 Å². The number of rotatable bonds is 3. The van der Waals surface area contributed by atoms with E-state index in [0.29, 0.717) is 13.0 Å². The van der Waals surface area contributed by atoms with Gasteiger partial charge in [-0.25, -0.2) is 9.18 Å². The molecule has 0 spiro atoms. The van der Waals surface area contributed by atoms with Gasteiger partial charge in [0.05, 0.1) is 12.1 Å². The lowest BCUT2D eigenvalue weighted by Gasteiger charge is -2.33. The van der Waals surface area contributed by atoms with Crippen molar-refractivity contribution in [2.45, 2.75) is 44.4 Å². The molecule has 17 heavy (non-hydrogen) atoms. The van der Waals surface area contributed by atoms with Crippen LogP contribution in [0.1, 0.15) is 27.2 Å². The Bertz CT molecular complexity index is 271. The number of amides is 1. The Morgan fingerprint density at radius 1 is 1.65 bits per heavy atom. The Morgan fingerprint density at radius 2 is 2.29 bits per heavy atom. The van der Waals surface area contributed by atoms with E-state index in [1.165, 1.54) is 0 Å². The summed E-state index contributed by atoms with van der Waals surface area (Å²) in [6.45, 7) is 4.74. The molecule has 1 heterocycles. The Morgan fingerprint density at radius 3 is 2.71 bits per heavy atom. The monoisotopic (exact) mass is 249 g/mol. The number of hydrogen-bond donors (Lipinski definition) is 2. The molecule has 0 aromatic carbocycles. The summed E-state index contributed by atoms with van der Waals surface area (Å²) < 4.78 is 22.8. The Labute approximate surface area is 100 Å². The fraction of sp³-hybridized carbons (Fsp3) is 0.909. The van der Waals surface area contributed by atoms with E-state index >= 15 is 0 Å². The highest BCUT2D eigenvalue weighted by atomic mass is 19.1. The average molecular weight is 249 g/mol. The molecule has 1 aliphatic heterocycles. The first-order chi connectivity index (χ1) is 7.79. The van der Waals surface area contributed by atoms with Crippen molar-refractivity contribution in [1.82, 2.24) is 5.32 Å². The smallest absolute Gasteiger partial charge is 0.408 e. The van der Waals surface area contributed by atoms with Crippen LogP contribution in [0.15, 0.2) is 0 Å². The van der Waals surface area contributed by atoms with E-state index in [4.69, 9.17) is 9.47 Å². The van der Waals surface area contributed by atoms with Crippen molar-refractivity contribution in [2.24, 2.45) is 0 Å². The summed E-state index contributed by atoms with van der Waals surface area (Å²) in [5, 5.41) is 12.2. The molecule has 1 saturated heterocycles. The summed E-state index contributed by atoms with van der Waals surface area (Å²) in [7, 11) is 0. The molecule has 1 rings (SSSR count). The number of carbonyl (C=O) groups is 1. The largest absolute Gasteiger partial charge is 0.444 e. The molecule has 2 atom stereocenters. The van der Waals surface area contributed by atoms with Crippen LogP contribution in [-0.4, -0.2) is 48.3 Å². The van der Waals surface area contributed by atoms with Gasteiger partial charge in [0, 0.05) is 6.61 Å². The summed E-state index contributed by atoms with van der Waals surface area (Å²) in [4.78, 5) is 11.6. The van der Waals surface area contributed by atoms with E-state index in [-0.39, 0.29) is 6.61 Å². The van der Waals surface area contributed by atoms with Gasteiger partial charge in [-0.05, 0) is 27.2 Å². The van der Waals surface area contributed by atoms with E-state index in [1.54, 1.807) is 20.8 Å². The van der Waals surface area contributed by atoms with Gasteiger partial charge in [-0.3, -0.25) is 0 Å². The third-order valence-corrected chi connectivity index (χ3v) is 2.59. The van der Waals surface area contributed by atoms with E-state index in [2.05, 4.69) is 5.32 Å². The van der Waals surface area contributed by atoms with Crippen LogP contribution in [0.4, 0.5) is 9.18 Å². The highest BCUT2D eigenvalue weighted by Gasteiger charge is 2.44. The van der Waals surface area contributed by atoms with Crippen molar-refractivity contribution in [3.63, 3.8) is 0 Å². The average Bonchev–Trinajstić information content (AvgIpc) is 2.63. The molecule has 2 unspecified atom stereocenters. The molecular weight excluding hydrogens is 229 g/mol. The SMILES string of the molecule is CC(C)(C)OC(=O)NC1(C(O)CF)CCOC1. The Hall–Kier alpha value is -0.880. The molecule has 0 aromatic rings. The van der Waals surface area contributed by atoms with Crippen molar-refractivity contribution in [1.29, 1.82) is 0 Å². The summed E-state index contributed by atoms with van der Waals surface area (Å²) in [5.41, 5.74) is -1.71. The minimum atomic E-state index is -1.28. The van der Waals surface area contributed by atoms with Crippen LogP contribution in [0.2, 0.25) is 0 Å². The van der Waals surface area contributed by atoms with E-state index in [9.17, 15) is 14.3 Å². The first-order valence-electron chi connectivity index (χ1n) is 5.62. The quantitative estimate of drug-likeness (QED) is 0.783. The predicted octanol–water partition coefficient (Wildman–Crippen LogP) is 1.00. The molecule has 1 fully saturated rings. The zero-order valence-electron chi connectivity index (χ0n) is 10.5. The van der Waals surface area contributed by atoms with Crippen molar-refractivity contribution < 1.29 is 23.8 Å². The number of halogens is 1. The highest BCUT2D eigenvalue weighted by Crippen LogP contribution is 2.24. The number of ether oxygens (including phenoxy) is 2. The number of hydrogen-bond acceptors (Lipinski definition) is 4. The van der Waals surface area contributed by atoms with Gasteiger partial charge >= 0.3 is 6.09 Å². The number of nitrogens with one attached hydrogen (secondary N) is 1. The van der Waals surface area contributed by atoms with Gasteiger partial charge in [0.2, 0.25) is 0 Å². The maximum atomic E-state index is 12.6. The van der Waals surface area contributed by atoms with Crippen LogP contribution in [0.25, 0.3) is 0 Å². The topological polar surface area (TPSA) is 67.8 Å². The molecule has 6 heteroatoms. The summed E-state index contributed by atoms with van der Waals surface area (Å²) >= 11 is 0. The van der Waals surface area contributed by atoms with Gasteiger partial charge in [0.1, 0.15) is 18.4 Å². The number of carbonyl (C=O) groups excluding carboxylic acids is 1. The third-order valence-electron chi connectivity index (χ3n) is 2.59. The predicted molar refractivity (Wildman–Crippen MR) is 59.5 cm³/mol. The Balaban J connectivity index is 2.65. The normalized spacial score (nSPS) is 26.6. The molecule has 0 aliphatic carbocycles. The molecule has 0 bridgehead atoms. The maximum Gasteiger partial charge on any atom is 0.408 e. The second-order valence-electron chi connectivity index (χ2n) is 5.26. The minimum Gasteiger partial charge on any atom is -0.444 e. The van der Waals surface area contributed by atoms with Crippen molar-refractivity contribution in [3.05, 3.63) is 0 Å². The fourth-order valence-corrected chi connectivity index (χ4v) is 1.68. The van der Waals surface area contributed by atoms with Crippen molar-refractivity contribution in [2.75, 3.05) is 19.9 Å². The highest BCUT2D eigenvalue weighted by molar-refractivity contribution is 5.69. The van der Waals surface area contributed by atoms with Crippen LogP contribution in [0.5, 0.6) is 0 Å². The standard InChI is InChI=1S/C11H20FNO4/c1-10(2,3)17-9(15)13-11(8(14)6-12)4-5-16-7-11/h8,14H,4-7H2,1-3H3,(H,13,15). The molecule has 0 aromatic heterocycles. The first kappa shape index (κ1) is 14.2. The Kier molecular flexibility index (Phi) is 4.32. The van der Waals surface area contributed by atoms with Gasteiger partial charge in [0.15, 0.2) is 0 Å². The van der Waals surface area contributed by atoms with Crippen LogP contribution in [0, 0.1) is 0 Å². The fourth-order valence-electron chi connectivity index (χ4n) is 1.68. The van der Waals surface area contributed by atoms with Crippen LogP contribution >= 0.6 is 0 Å². The number of alkyl carbamates (subject to hydrolysis) is 1. The zero-order chi connectivity index (χ0) is 13.1. The lowest BCUT2D eigenvalue weighted by Crippen LogP contribution is -2.58. The maximum absolute atomic E-state index is 12.6. The van der Waals surface area contributed by atoms with Crippen molar-refractivity contribution in [3.8, 4) is 0 Å². The molecule has 5 nitrogen and oxygen atoms in total. The van der Waals surface area contributed by atoms with Gasteiger partial charge in [-0.1, -0.05) is 0 Å². The molecule has 2 N–H and O–H groups in total. The van der Waals surface area contributed by atoms with E-state index in [1.807, 2.05) is 0 Å². The second kappa shape index (κ2) is 5.18. The number of aliphatic hydroxyl groups is 1. The molecule has 1 amide bonds. The summed E-state index contributed by atoms with van der Waals surface area (Å²) in [6, 6.07) is 0. The minimum absolute atomic E-state index is 0.0946. The van der Waals surface area contributed by atoms with E-state index < -0.39 is 30.0 Å². The molecule has 0 saturated carbocycles. The van der Waals surface area contributed by atoms with Crippen molar-refractivity contribution >= 4 is 6.09 Å². The van der Waals surface area contributed by atoms with Crippen LogP contribution in [-0.2, 0) is 9.47 Å². The first-order valence-corrected chi connectivity index (χ1v) is 5.62. The number of aliphatic hydroxyl groups excluding tert-OH is 1. The summed E-state index contributed by atoms with van der Waals surface area (Å²) in [6.07, 6.45) is -1.58. The van der Waals surface area contributed by atoms with Gasteiger partial charge in [0.25, 0.3) is 0 Å². The van der Waals surface area contributed by atoms with E-state index in [0.717, 1.165) is 0 Å². The zero-order valence-corrected chi connectivity index (χ0v) is 10.5. The van der Waals surface area contributed by atoms with Gasteiger partial charge < -0.3 is 19.9 Å². The molecular formula is C11H20FNO4. The molecule has 0 radical (unpaired) electrons. The lowest BCUT2D eigenvalue weighted by molar-refractivity contribution is 0.00844.